The predicted octanol–water partition coefficient (Wildman–Crippen LogP) is 2.16. The molecule has 1 aromatic rings. The SMILES string of the molecule is COC(=O)C(C)C(C[N+](=O)[O-])c1cccc(C)c1. The molecule has 0 saturated heterocycles. The number of aryl methyl sites for hydroxylation is 1. The average molecular weight is 251 g/mol. The van der Waals surface area contributed by atoms with E-state index in [0.29, 0.717) is 0 Å². The van der Waals surface area contributed by atoms with Crippen molar-refractivity contribution < 1.29 is 14.5 Å². The summed E-state index contributed by atoms with van der Waals surface area (Å²) in [5, 5.41) is 10.7. The van der Waals surface area contributed by atoms with E-state index >= 15 is 0 Å². The van der Waals surface area contributed by atoms with E-state index in [9.17, 15) is 14.9 Å². The minimum Gasteiger partial charge on any atom is -0.469 e. The monoisotopic (exact) mass is 251 g/mol. The van der Waals surface area contributed by atoms with Gasteiger partial charge in [0, 0.05) is 4.92 Å². The topological polar surface area (TPSA) is 69.4 Å². The maximum absolute atomic E-state index is 11.5. The predicted molar refractivity (Wildman–Crippen MR) is 67.0 cm³/mol. The van der Waals surface area contributed by atoms with Crippen LogP contribution < -0.4 is 0 Å². The number of hydrogen-bond donors (Lipinski definition) is 0. The number of esters is 1. The Bertz CT molecular complexity index is 444. The molecule has 0 amide bonds. The van der Waals surface area contributed by atoms with E-state index in [2.05, 4.69) is 4.74 Å². The lowest BCUT2D eigenvalue weighted by Gasteiger charge is -2.19. The van der Waals surface area contributed by atoms with Crippen molar-refractivity contribution in [1.29, 1.82) is 0 Å². The first kappa shape index (κ1) is 14.2. The minimum atomic E-state index is -0.540. The number of benzene rings is 1. The van der Waals surface area contributed by atoms with Crippen molar-refractivity contribution in [2.24, 2.45) is 5.92 Å². The van der Waals surface area contributed by atoms with Crippen molar-refractivity contribution in [3.63, 3.8) is 0 Å². The highest BCUT2D eigenvalue weighted by molar-refractivity contribution is 5.73. The van der Waals surface area contributed by atoms with Gasteiger partial charge >= 0.3 is 5.97 Å². The van der Waals surface area contributed by atoms with Crippen molar-refractivity contribution in [1.82, 2.24) is 0 Å². The molecule has 1 rings (SSSR count). The zero-order chi connectivity index (χ0) is 13.7. The fourth-order valence-electron chi connectivity index (χ4n) is 1.96. The average Bonchev–Trinajstić information content (AvgIpc) is 2.34. The molecule has 0 bridgehead atoms. The van der Waals surface area contributed by atoms with Gasteiger partial charge in [-0.2, -0.15) is 0 Å². The van der Waals surface area contributed by atoms with Gasteiger partial charge in [-0.15, -0.1) is 0 Å². The zero-order valence-corrected chi connectivity index (χ0v) is 10.8. The molecule has 5 nitrogen and oxygen atoms in total. The van der Waals surface area contributed by atoms with Crippen LogP contribution in [0.5, 0.6) is 0 Å². The molecular weight excluding hydrogens is 234 g/mol. The largest absolute Gasteiger partial charge is 0.469 e. The Hall–Kier alpha value is -1.91. The van der Waals surface area contributed by atoms with Crippen molar-refractivity contribution in [3.8, 4) is 0 Å². The summed E-state index contributed by atoms with van der Waals surface area (Å²) in [5.41, 5.74) is 1.81. The van der Waals surface area contributed by atoms with Gasteiger partial charge in [-0.25, -0.2) is 0 Å². The van der Waals surface area contributed by atoms with Gasteiger partial charge in [0.2, 0.25) is 6.54 Å². The van der Waals surface area contributed by atoms with Gasteiger partial charge in [0.05, 0.1) is 18.9 Å². The Labute approximate surface area is 106 Å². The third kappa shape index (κ3) is 3.55. The number of carbonyl (C=O) groups is 1. The molecule has 1 aromatic carbocycles. The van der Waals surface area contributed by atoms with Crippen molar-refractivity contribution in [2.45, 2.75) is 19.8 Å². The highest BCUT2D eigenvalue weighted by Gasteiger charge is 2.30. The number of rotatable bonds is 5. The smallest absolute Gasteiger partial charge is 0.309 e. The number of nitrogens with zero attached hydrogens (tertiary/aromatic N) is 1. The van der Waals surface area contributed by atoms with Crippen LogP contribution in [0.4, 0.5) is 0 Å². The summed E-state index contributed by atoms with van der Waals surface area (Å²) in [5.74, 6) is -1.43. The van der Waals surface area contributed by atoms with Gasteiger partial charge in [0.15, 0.2) is 0 Å². The highest BCUT2D eigenvalue weighted by atomic mass is 16.6. The number of hydrogen-bond acceptors (Lipinski definition) is 4. The third-order valence-corrected chi connectivity index (χ3v) is 2.99. The summed E-state index contributed by atoms with van der Waals surface area (Å²) in [6.45, 7) is 3.29. The molecule has 0 spiro atoms. The van der Waals surface area contributed by atoms with E-state index in [1.54, 1.807) is 13.0 Å². The standard InChI is InChI=1S/C13H17NO4/c1-9-5-4-6-11(7-9)12(8-14(16)17)10(2)13(15)18-3/h4-7,10,12H,8H2,1-3H3. The molecule has 5 heteroatoms. The van der Waals surface area contributed by atoms with Gasteiger partial charge in [-0.3, -0.25) is 14.9 Å². The molecule has 2 unspecified atom stereocenters. The van der Waals surface area contributed by atoms with Crippen LogP contribution >= 0.6 is 0 Å². The summed E-state index contributed by atoms with van der Waals surface area (Å²) in [6, 6.07) is 7.42. The molecule has 0 heterocycles. The summed E-state index contributed by atoms with van der Waals surface area (Å²) < 4.78 is 4.66. The van der Waals surface area contributed by atoms with E-state index in [0.717, 1.165) is 11.1 Å². The van der Waals surface area contributed by atoms with E-state index in [-0.39, 0.29) is 6.54 Å². The Morgan fingerprint density at radius 3 is 2.67 bits per heavy atom. The normalized spacial score (nSPS) is 13.7. The Morgan fingerprint density at radius 1 is 1.50 bits per heavy atom. The number of carbonyl (C=O) groups excluding carboxylic acids is 1. The van der Waals surface area contributed by atoms with Gasteiger partial charge < -0.3 is 4.74 Å². The number of methoxy groups -OCH3 is 1. The number of ether oxygens (including phenoxy) is 1. The molecule has 0 aliphatic heterocycles. The molecule has 0 N–H and O–H groups in total. The molecule has 0 radical (unpaired) electrons. The first-order chi connectivity index (χ1) is 8.45. The van der Waals surface area contributed by atoms with Crippen LogP contribution in [0.2, 0.25) is 0 Å². The van der Waals surface area contributed by atoms with Crippen LogP contribution in [0.3, 0.4) is 0 Å². The Balaban J connectivity index is 3.04. The van der Waals surface area contributed by atoms with Crippen LogP contribution in [0.15, 0.2) is 24.3 Å². The molecule has 0 aliphatic carbocycles. The van der Waals surface area contributed by atoms with Crippen LogP contribution in [0.25, 0.3) is 0 Å². The fourth-order valence-corrected chi connectivity index (χ4v) is 1.96. The van der Waals surface area contributed by atoms with Crippen molar-refractivity contribution >= 4 is 5.97 Å². The quantitative estimate of drug-likeness (QED) is 0.457. The van der Waals surface area contributed by atoms with E-state index in [1.165, 1.54) is 7.11 Å². The fraction of sp³-hybridized carbons (Fsp3) is 0.462. The summed E-state index contributed by atoms with van der Waals surface area (Å²) >= 11 is 0. The van der Waals surface area contributed by atoms with E-state index in [1.807, 2.05) is 25.1 Å². The molecule has 98 valence electrons. The molecule has 2 atom stereocenters. The summed E-state index contributed by atoms with van der Waals surface area (Å²) in [4.78, 5) is 21.9. The van der Waals surface area contributed by atoms with Crippen LogP contribution in [0.1, 0.15) is 24.0 Å². The second-order valence-electron chi connectivity index (χ2n) is 4.35. The molecule has 0 aliphatic rings. The Morgan fingerprint density at radius 2 is 2.17 bits per heavy atom. The highest BCUT2D eigenvalue weighted by Crippen LogP contribution is 2.26. The van der Waals surface area contributed by atoms with Gasteiger partial charge in [0.25, 0.3) is 0 Å². The molecule has 0 saturated carbocycles. The maximum Gasteiger partial charge on any atom is 0.309 e. The van der Waals surface area contributed by atoms with E-state index < -0.39 is 22.7 Å². The maximum atomic E-state index is 11.5. The molecule has 18 heavy (non-hydrogen) atoms. The van der Waals surface area contributed by atoms with Gasteiger partial charge in [-0.05, 0) is 12.5 Å². The molecule has 0 aromatic heterocycles. The summed E-state index contributed by atoms with van der Waals surface area (Å²) in [6.07, 6.45) is 0. The van der Waals surface area contributed by atoms with Crippen molar-refractivity contribution in [2.75, 3.05) is 13.7 Å². The zero-order valence-electron chi connectivity index (χ0n) is 10.8. The van der Waals surface area contributed by atoms with Crippen molar-refractivity contribution in [3.05, 3.63) is 45.5 Å². The lowest BCUT2D eigenvalue weighted by molar-refractivity contribution is -0.484. The molecular formula is C13H17NO4. The lowest BCUT2D eigenvalue weighted by Crippen LogP contribution is -2.26. The second-order valence-corrected chi connectivity index (χ2v) is 4.35. The van der Waals surface area contributed by atoms with Crippen LogP contribution in [0, 0.1) is 23.0 Å². The second kappa shape index (κ2) is 6.14. The molecule has 0 fully saturated rings. The first-order valence-electron chi connectivity index (χ1n) is 5.72. The van der Waals surface area contributed by atoms with Crippen LogP contribution in [-0.4, -0.2) is 24.5 Å². The van der Waals surface area contributed by atoms with Gasteiger partial charge in [-0.1, -0.05) is 36.8 Å². The number of nitro groups is 1. The van der Waals surface area contributed by atoms with Crippen LogP contribution in [-0.2, 0) is 9.53 Å². The van der Waals surface area contributed by atoms with E-state index in [4.69, 9.17) is 0 Å². The first-order valence-corrected chi connectivity index (χ1v) is 5.72. The van der Waals surface area contributed by atoms with Gasteiger partial charge in [0.1, 0.15) is 0 Å². The third-order valence-electron chi connectivity index (χ3n) is 2.99. The minimum absolute atomic E-state index is 0.278. The summed E-state index contributed by atoms with van der Waals surface area (Å²) in [7, 11) is 1.29. The lowest BCUT2D eigenvalue weighted by atomic mass is 9.86. The Kier molecular flexibility index (Phi) is 4.83.